The van der Waals surface area contributed by atoms with E-state index in [0.29, 0.717) is 0 Å². The van der Waals surface area contributed by atoms with Gasteiger partial charge in [-0.1, -0.05) is 32.1 Å². The minimum Gasteiger partial charge on any atom is -0.146 e. The number of hydrogen-bond donors (Lipinski definition) is 0. The van der Waals surface area contributed by atoms with Gasteiger partial charge in [0.1, 0.15) is 0 Å². The van der Waals surface area contributed by atoms with Gasteiger partial charge in [-0.25, -0.2) is 0 Å². The predicted octanol–water partition coefficient (Wildman–Crippen LogP) is 4.26. The van der Waals surface area contributed by atoms with E-state index in [1.54, 1.807) is 0 Å². The second kappa shape index (κ2) is 4.31. The zero-order chi connectivity index (χ0) is 9.12. The highest BCUT2D eigenvalue weighted by Gasteiger charge is 2.22. The third-order valence-corrected chi connectivity index (χ3v) is 5.76. The van der Waals surface area contributed by atoms with E-state index >= 15 is 0 Å². The van der Waals surface area contributed by atoms with Crippen molar-refractivity contribution in [2.24, 2.45) is 0 Å². The van der Waals surface area contributed by atoms with Crippen LogP contribution in [0.15, 0.2) is 0 Å². The summed E-state index contributed by atoms with van der Waals surface area (Å²) in [5, 5.41) is 0. The molecule has 68 valence electrons. The molecule has 0 rings (SSSR count). The predicted molar refractivity (Wildman–Crippen MR) is 60.9 cm³/mol. The van der Waals surface area contributed by atoms with Crippen molar-refractivity contribution in [2.75, 3.05) is 0 Å². The number of halogens is 2. The van der Waals surface area contributed by atoms with Crippen LogP contribution in [0.3, 0.4) is 0 Å². The van der Waals surface area contributed by atoms with Gasteiger partial charge in [-0.2, -0.15) is 0 Å². The molecule has 0 bridgehead atoms. The fourth-order valence-electron chi connectivity index (χ4n) is 0.929. The van der Waals surface area contributed by atoms with Crippen molar-refractivity contribution in [3.63, 3.8) is 0 Å². The van der Waals surface area contributed by atoms with E-state index in [1.165, 1.54) is 12.5 Å². The first kappa shape index (κ1) is 12.0. The lowest BCUT2D eigenvalue weighted by molar-refractivity contribution is 1.03. The molecule has 0 spiro atoms. The molecular weight excluding hydrogens is 211 g/mol. The van der Waals surface area contributed by atoms with Crippen LogP contribution in [-0.2, 0) is 0 Å². The smallest absolute Gasteiger partial charge is 0.146 e. The topological polar surface area (TPSA) is 0 Å². The van der Waals surface area contributed by atoms with Crippen LogP contribution in [0.2, 0.25) is 38.3 Å². The molecule has 0 aliphatic rings. The molecule has 0 saturated carbocycles. The van der Waals surface area contributed by atoms with Crippen molar-refractivity contribution in [3.05, 3.63) is 0 Å². The van der Waals surface area contributed by atoms with E-state index in [-0.39, 0.29) is 0 Å². The van der Waals surface area contributed by atoms with Crippen LogP contribution >= 0.6 is 22.2 Å². The molecule has 0 amide bonds. The van der Waals surface area contributed by atoms with Gasteiger partial charge in [-0.05, 0) is 12.6 Å². The average Bonchev–Trinajstić information content (AvgIpc) is 1.55. The highest BCUT2D eigenvalue weighted by atomic mass is 35.7. The van der Waals surface area contributed by atoms with Crippen molar-refractivity contribution in [2.45, 2.75) is 44.7 Å². The molecule has 0 fully saturated rings. The van der Waals surface area contributed by atoms with E-state index in [1.807, 2.05) is 6.55 Å². The molecule has 0 aromatic heterocycles. The lowest BCUT2D eigenvalue weighted by Gasteiger charge is -2.17. The van der Waals surface area contributed by atoms with Crippen molar-refractivity contribution < 1.29 is 0 Å². The molecule has 0 aromatic rings. The molecule has 4 heteroatoms. The van der Waals surface area contributed by atoms with Crippen LogP contribution < -0.4 is 0 Å². The van der Waals surface area contributed by atoms with E-state index in [2.05, 4.69) is 19.6 Å². The average molecular weight is 229 g/mol. The van der Waals surface area contributed by atoms with Gasteiger partial charge in [0.25, 0.3) is 0 Å². The molecule has 0 unspecified atom stereocenters. The highest BCUT2D eigenvalue weighted by molar-refractivity contribution is 7.44. The second-order valence-electron chi connectivity index (χ2n) is 4.48. The molecular formula is C7H18Cl2Si2. The largest absolute Gasteiger partial charge is 0.248 e. The third-order valence-electron chi connectivity index (χ3n) is 1.54. The maximum absolute atomic E-state index is 5.98. The Labute approximate surface area is 81.7 Å². The van der Waals surface area contributed by atoms with Crippen LogP contribution in [0.1, 0.15) is 6.42 Å². The van der Waals surface area contributed by atoms with Crippen molar-refractivity contribution in [3.8, 4) is 0 Å². The van der Waals surface area contributed by atoms with E-state index in [4.69, 9.17) is 22.2 Å². The summed E-state index contributed by atoms with van der Waals surface area (Å²) in [4.78, 5) is 0. The summed E-state index contributed by atoms with van der Waals surface area (Å²) in [6, 6.07) is 2.41. The molecule has 0 saturated heterocycles. The Bertz CT molecular complexity index is 98.6. The van der Waals surface area contributed by atoms with Gasteiger partial charge < -0.3 is 0 Å². The molecule has 0 nitrogen and oxygen atoms in total. The Morgan fingerprint density at radius 3 is 1.64 bits per heavy atom. The van der Waals surface area contributed by atoms with Gasteiger partial charge in [-0.3, -0.25) is 0 Å². The van der Waals surface area contributed by atoms with Crippen LogP contribution in [-0.4, -0.2) is 14.8 Å². The molecule has 0 N–H and O–H groups in total. The maximum atomic E-state index is 5.98. The molecule has 0 aliphatic carbocycles. The highest BCUT2D eigenvalue weighted by Crippen LogP contribution is 2.24. The Morgan fingerprint density at radius 2 is 1.36 bits per heavy atom. The summed E-state index contributed by atoms with van der Waals surface area (Å²) < 4.78 is 0. The Hall–Kier alpha value is 1.01. The quantitative estimate of drug-likeness (QED) is 0.499. The van der Waals surface area contributed by atoms with Crippen LogP contribution in [0.5, 0.6) is 0 Å². The third kappa shape index (κ3) is 11.0. The van der Waals surface area contributed by atoms with Gasteiger partial charge in [0, 0.05) is 8.07 Å². The Balaban J connectivity index is 3.44. The maximum Gasteiger partial charge on any atom is 0.248 e. The first-order chi connectivity index (χ1) is 4.71. The van der Waals surface area contributed by atoms with Crippen LogP contribution in [0.4, 0.5) is 0 Å². The lowest BCUT2D eigenvalue weighted by atomic mass is 10.6. The zero-order valence-electron chi connectivity index (χ0n) is 7.88. The van der Waals surface area contributed by atoms with Crippen LogP contribution in [0, 0.1) is 0 Å². The normalized spacial score (nSPS) is 13.6. The standard InChI is InChI=1S/C7H18Cl2Si2/c1-10(2,3)6-5-7-11(4,8)9/h5-7H2,1-4H3. The lowest BCUT2D eigenvalue weighted by Crippen LogP contribution is -2.21. The molecule has 0 atom stereocenters. The van der Waals surface area contributed by atoms with Gasteiger partial charge in [0.15, 0.2) is 0 Å². The summed E-state index contributed by atoms with van der Waals surface area (Å²) >= 11 is 12.0. The summed E-state index contributed by atoms with van der Waals surface area (Å²) in [5.74, 6) is 0. The summed E-state index contributed by atoms with van der Waals surface area (Å²) in [6.07, 6.45) is 1.23. The van der Waals surface area contributed by atoms with Crippen LogP contribution in [0.25, 0.3) is 0 Å². The van der Waals surface area contributed by atoms with Gasteiger partial charge >= 0.3 is 0 Å². The number of rotatable bonds is 4. The minimum atomic E-state index is -1.79. The second-order valence-corrected chi connectivity index (χ2v) is 18.3. The molecule has 0 radical (unpaired) electrons. The van der Waals surface area contributed by atoms with E-state index in [9.17, 15) is 0 Å². The zero-order valence-corrected chi connectivity index (χ0v) is 11.4. The minimum absolute atomic E-state index is 0.852. The van der Waals surface area contributed by atoms with Gasteiger partial charge in [0.2, 0.25) is 6.69 Å². The van der Waals surface area contributed by atoms with Crippen molar-refractivity contribution in [1.82, 2.24) is 0 Å². The molecule has 0 aliphatic heterocycles. The Kier molecular flexibility index (Phi) is 4.70. The first-order valence-electron chi connectivity index (χ1n) is 4.09. The van der Waals surface area contributed by atoms with E-state index in [0.717, 1.165) is 6.04 Å². The van der Waals surface area contributed by atoms with Gasteiger partial charge in [0.05, 0.1) is 0 Å². The monoisotopic (exact) mass is 228 g/mol. The van der Waals surface area contributed by atoms with E-state index < -0.39 is 14.8 Å². The summed E-state index contributed by atoms with van der Waals surface area (Å²) in [5.41, 5.74) is 0. The molecule has 0 aromatic carbocycles. The Morgan fingerprint density at radius 1 is 0.909 bits per heavy atom. The summed E-state index contributed by atoms with van der Waals surface area (Å²) in [6.45, 7) is 7.36. The summed E-state index contributed by atoms with van der Waals surface area (Å²) in [7, 11) is -0.852. The molecule has 0 heterocycles. The van der Waals surface area contributed by atoms with Gasteiger partial charge in [-0.15, -0.1) is 22.2 Å². The first-order valence-corrected chi connectivity index (χ1v) is 12.5. The van der Waals surface area contributed by atoms with Crippen molar-refractivity contribution in [1.29, 1.82) is 0 Å². The van der Waals surface area contributed by atoms with Crippen molar-refractivity contribution >= 4 is 36.9 Å². The fourth-order valence-corrected chi connectivity index (χ4v) is 4.12. The molecule has 11 heavy (non-hydrogen) atoms. The SMILES string of the molecule is C[Si](C)(C)CCC[Si](C)(Cl)Cl. The number of hydrogen-bond acceptors (Lipinski definition) is 0. The fraction of sp³-hybridized carbons (Fsp3) is 1.00.